The van der Waals surface area contributed by atoms with E-state index in [0.29, 0.717) is 5.92 Å². The lowest BCUT2D eigenvalue weighted by Crippen LogP contribution is -2.37. The van der Waals surface area contributed by atoms with Crippen LogP contribution in [0.5, 0.6) is 0 Å². The molecule has 1 aromatic rings. The fraction of sp³-hybridized carbons (Fsp3) is 0.647. The Bertz CT molecular complexity index is 377. The van der Waals surface area contributed by atoms with Crippen molar-refractivity contribution in [2.75, 3.05) is 19.7 Å². The molecule has 19 heavy (non-hydrogen) atoms. The number of aliphatic hydroxyl groups excluding tert-OH is 1. The van der Waals surface area contributed by atoms with Crippen molar-refractivity contribution >= 4 is 0 Å². The van der Waals surface area contributed by atoms with Crippen LogP contribution in [0.15, 0.2) is 24.3 Å². The summed E-state index contributed by atoms with van der Waals surface area (Å²) >= 11 is 0. The summed E-state index contributed by atoms with van der Waals surface area (Å²) in [5.41, 5.74) is 2.62. The van der Waals surface area contributed by atoms with Crippen LogP contribution < -0.4 is 0 Å². The van der Waals surface area contributed by atoms with Gasteiger partial charge in [-0.2, -0.15) is 0 Å². The number of nitrogens with zero attached hydrogens (tertiary/aromatic N) is 1. The molecule has 0 bridgehead atoms. The fourth-order valence-electron chi connectivity index (χ4n) is 2.87. The monoisotopic (exact) mass is 261 g/mol. The highest BCUT2D eigenvalue weighted by Gasteiger charge is 2.23. The Balaban J connectivity index is 2.08. The molecular weight excluding hydrogens is 234 g/mol. The molecule has 1 N–H and O–H groups in total. The molecule has 2 nitrogen and oxygen atoms in total. The van der Waals surface area contributed by atoms with E-state index in [1.54, 1.807) is 0 Å². The molecule has 106 valence electrons. The summed E-state index contributed by atoms with van der Waals surface area (Å²) in [6.45, 7) is 9.18. The number of piperidine rings is 1. The minimum absolute atomic E-state index is 0.175. The normalized spacial score (nSPS) is 19.8. The molecular formula is C17H27NO. The maximum atomic E-state index is 9.73. The molecule has 1 atom stereocenters. The van der Waals surface area contributed by atoms with Crippen molar-refractivity contribution in [1.82, 2.24) is 4.90 Å². The van der Waals surface area contributed by atoms with E-state index in [1.807, 2.05) is 0 Å². The molecule has 0 aliphatic carbocycles. The van der Waals surface area contributed by atoms with Gasteiger partial charge in [-0.3, -0.25) is 4.90 Å². The van der Waals surface area contributed by atoms with Crippen LogP contribution in [0, 0.1) is 5.92 Å². The zero-order valence-electron chi connectivity index (χ0n) is 12.5. The minimum Gasteiger partial charge on any atom is -0.394 e. The van der Waals surface area contributed by atoms with Crippen LogP contribution in [0.1, 0.15) is 56.7 Å². The molecule has 0 saturated carbocycles. The summed E-state index contributed by atoms with van der Waals surface area (Å²) in [6.07, 6.45) is 2.50. The smallest absolute Gasteiger partial charge is 0.0628 e. The molecule has 2 heteroatoms. The van der Waals surface area contributed by atoms with Gasteiger partial charge in [0.15, 0.2) is 0 Å². The number of hydrogen-bond acceptors (Lipinski definition) is 2. The van der Waals surface area contributed by atoms with Crippen LogP contribution in [0.2, 0.25) is 0 Å². The van der Waals surface area contributed by atoms with Crippen LogP contribution in [0.4, 0.5) is 0 Å². The SMILES string of the molecule is CC1CCN(C(CO)c2ccc(C(C)C)cc2)CC1. The first-order chi connectivity index (χ1) is 9.11. The van der Waals surface area contributed by atoms with Crippen molar-refractivity contribution in [2.45, 2.75) is 45.6 Å². The van der Waals surface area contributed by atoms with Crippen LogP contribution in [-0.4, -0.2) is 29.7 Å². The van der Waals surface area contributed by atoms with Gasteiger partial charge in [0.25, 0.3) is 0 Å². The first-order valence-corrected chi connectivity index (χ1v) is 7.56. The van der Waals surface area contributed by atoms with E-state index in [9.17, 15) is 5.11 Å². The van der Waals surface area contributed by atoms with Crippen molar-refractivity contribution in [3.05, 3.63) is 35.4 Å². The molecule has 1 heterocycles. The Hall–Kier alpha value is -0.860. The van der Waals surface area contributed by atoms with Gasteiger partial charge in [-0.1, -0.05) is 45.0 Å². The van der Waals surface area contributed by atoms with Gasteiger partial charge in [-0.25, -0.2) is 0 Å². The number of benzene rings is 1. The fourth-order valence-corrected chi connectivity index (χ4v) is 2.87. The summed E-state index contributed by atoms with van der Waals surface area (Å²) in [7, 11) is 0. The maximum Gasteiger partial charge on any atom is 0.0628 e. The molecule has 1 saturated heterocycles. The first kappa shape index (κ1) is 14.5. The van der Waals surface area contributed by atoms with Crippen LogP contribution in [0.25, 0.3) is 0 Å². The maximum absolute atomic E-state index is 9.73. The molecule has 1 aromatic carbocycles. The highest BCUT2D eigenvalue weighted by atomic mass is 16.3. The molecule has 0 radical (unpaired) electrons. The van der Waals surface area contributed by atoms with Gasteiger partial charge in [0.1, 0.15) is 0 Å². The average molecular weight is 261 g/mol. The Morgan fingerprint density at radius 3 is 2.11 bits per heavy atom. The summed E-state index contributed by atoms with van der Waals surface area (Å²) < 4.78 is 0. The molecule has 0 amide bonds. The lowest BCUT2D eigenvalue weighted by molar-refractivity contribution is 0.0896. The highest BCUT2D eigenvalue weighted by Crippen LogP contribution is 2.27. The third-order valence-corrected chi connectivity index (χ3v) is 4.42. The summed E-state index contributed by atoms with van der Waals surface area (Å²) in [5.74, 6) is 1.40. The van der Waals surface area contributed by atoms with E-state index >= 15 is 0 Å². The lowest BCUT2D eigenvalue weighted by Gasteiger charge is -2.36. The number of aliphatic hydroxyl groups is 1. The van der Waals surface area contributed by atoms with E-state index in [2.05, 4.69) is 49.9 Å². The molecule has 0 spiro atoms. The van der Waals surface area contributed by atoms with Gasteiger partial charge in [0.2, 0.25) is 0 Å². The first-order valence-electron chi connectivity index (χ1n) is 7.56. The number of rotatable bonds is 4. The van der Waals surface area contributed by atoms with Crippen LogP contribution >= 0.6 is 0 Å². The topological polar surface area (TPSA) is 23.5 Å². The number of likely N-dealkylation sites (tertiary alicyclic amines) is 1. The largest absolute Gasteiger partial charge is 0.394 e. The van der Waals surface area contributed by atoms with E-state index in [4.69, 9.17) is 0 Å². The highest BCUT2D eigenvalue weighted by molar-refractivity contribution is 5.27. The molecule has 1 fully saturated rings. The van der Waals surface area contributed by atoms with Gasteiger partial charge >= 0.3 is 0 Å². The van der Waals surface area contributed by atoms with Crippen molar-refractivity contribution < 1.29 is 5.11 Å². The van der Waals surface area contributed by atoms with E-state index in [0.717, 1.165) is 19.0 Å². The summed E-state index contributed by atoms with van der Waals surface area (Å²) in [5, 5.41) is 9.73. The average Bonchev–Trinajstić information content (AvgIpc) is 2.42. The predicted molar refractivity (Wildman–Crippen MR) is 80.3 cm³/mol. The number of hydrogen-bond donors (Lipinski definition) is 1. The molecule has 2 rings (SSSR count). The standard InChI is InChI=1S/C17H27NO/c1-13(2)15-4-6-16(7-5-15)17(12-19)18-10-8-14(3)9-11-18/h4-7,13-14,17,19H,8-12H2,1-3H3. The zero-order valence-corrected chi connectivity index (χ0v) is 12.5. The third-order valence-electron chi connectivity index (χ3n) is 4.42. The molecule has 1 aliphatic rings. The Kier molecular flexibility index (Phi) is 5.00. The molecule has 0 aromatic heterocycles. The second-order valence-electron chi connectivity index (χ2n) is 6.24. The second-order valence-corrected chi connectivity index (χ2v) is 6.24. The quantitative estimate of drug-likeness (QED) is 0.895. The molecule has 1 unspecified atom stereocenters. The van der Waals surface area contributed by atoms with E-state index in [1.165, 1.54) is 24.0 Å². The zero-order chi connectivity index (χ0) is 13.8. The van der Waals surface area contributed by atoms with E-state index in [-0.39, 0.29) is 12.6 Å². The Labute approximate surface area is 117 Å². The lowest BCUT2D eigenvalue weighted by atomic mass is 9.94. The van der Waals surface area contributed by atoms with Crippen molar-refractivity contribution in [1.29, 1.82) is 0 Å². The van der Waals surface area contributed by atoms with Crippen LogP contribution in [0.3, 0.4) is 0 Å². The van der Waals surface area contributed by atoms with Crippen molar-refractivity contribution in [3.63, 3.8) is 0 Å². The predicted octanol–water partition coefficient (Wildman–Crippen LogP) is 3.58. The van der Waals surface area contributed by atoms with Gasteiger partial charge < -0.3 is 5.11 Å². The summed E-state index contributed by atoms with van der Waals surface area (Å²) in [6, 6.07) is 8.96. The van der Waals surface area contributed by atoms with Crippen molar-refractivity contribution in [3.8, 4) is 0 Å². The van der Waals surface area contributed by atoms with Gasteiger partial charge in [-0.15, -0.1) is 0 Å². The van der Waals surface area contributed by atoms with Crippen molar-refractivity contribution in [2.24, 2.45) is 5.92 Å². The minimum atomic E-state index is 0.175. The van der Waals surface area contributed by atoms with Gasteiger partial charge in [0, 0.05) is 0 Å². The Morgan fingerprint density at radius 1 is 1.11 bits per heavy atom. The second kappa shape index (κ2) is 6.53. The summed E-state index contributed by atoms with van der Waals surface area (Å²) in [4.78, 5) is 2.43. The van der Waals surface area contributed by atoms with E-state index < -0.39 is 0 Å². The third kappa shape index (κ3) is 3.58. The Morgan fingerprint density at radius 2 is 1.63 bits per heavy atom. The molecule has 1 aliphatic heterocycles. The van der Waals surface area contributed by atoms with Crippen LogP contribution in [-0.2, 0) is 0 Å². The van der Waals surface area contributed by atoms with Gasteiger partial charge in [0.05, 0.1) is 12.6 Å². The van der Waals surface area contributed by atoms with Gasteiger partial charge in [-0.05, 0) is 48.9 Å².